The fourth-order valence-corrected chi connectivity index (χ4v) is 3.76. The number of benzene rings is 2. The molecule has 1 saturated heterocycles. The van der Waals surface area contributed by atoms with Crippen LogP contribution in [0.1, 0.15) is 35.7 Å². The second-order valence-corrected chi connectivity index (χ2v) is 7.29. The van der Waals surface area contributed by atoms with Gasteiger partial charge in [0.1, 0.15) is 0 Å². The number of piperidine rings is 1. The lowest BCUT2D eigenvalue weighted by Crippen LogP contribution is -2.44. The Morgan fingerprint density at radius 2 is 1.67 bits per heavy atom. The van der Waals surface area contributed by atoms with Crippen molar-refractivity contribution in [3.05, 3.63) is 70.7 Å². The number of rotatable bonds is 5. The van der Waals surface area contributed by atoms with E-state index in [4.69, 9.17) is 11.6 Å². The molecule has 3 rings (SSSR count). The van der Waals surface area contributed by atoms with Crippen LogP contribution in [0.3, 0.4) is 0 Å². The van der Waals surface area contributed by atoms with E-state index in [1.807, 2.05) is 54.3 Å². The van der Waals surface area contributed by atoms with Crippen molar-refractivity contribution in [3.63, 3.8) is 0 Å². The summed E-state index contributed by atoms with van der Waals surface area (Å²) in [5.74, 6) is 0.110. The number of halogens is 1. The molecule has 0 unspecified atom stereocenters. The second kappa shape index (κ2) is 9.05. The van der Waals surface area contributed by atoms with Gasteiger partial charge in [0.2, 0.25) is 5.91 Å². The van der Waals surface area contributed by atoms with Crippen molar-refractivity contribution < 1.29 is 9.59 Å². The smallest absolute Gasteiger partial charge is 0.255 e. The topological polar surface area (TPSA) is 40.6 Å². The van der Waals surface area contributed by atoms with Crippen LogP contribution in [0.5, 0.6) is 0 Å². The van der Waals surface area contributed by atoms with Crippen molar-refractivity contribution in [1.82, 2.24) is 9.80 Å². The molecule has 0 spiro atoms. The highest BCUT2D eigenvalue weighted by Gasteiger charge is 2.30. The number of likely N-dealkylation sites (tertiary alicyclic amines) is 1. The third-order valence-corrected chi connectivity index (χ3v) is 5.47. The first-order valence-corrected chi connectivity index (χ1v) is 9.84. The molecule has 5 heteroatoms. The Labute approximate surface area is 165 Å². The molecule has 1 aliphatic heterocycles. The summed E-state index contributed by atoms with van der Waals surface area (Å²) in [5, 5.41) is 0.473. The van der Waals surface area contributed by atoms with Crippen LogP contribution in [0, 0.1) is 5.92 Å². The number of carbonyl (C=O) groups excluding carboxylic acids is 2. The molecule has 2 amide bonds. The van der Waals surface area contributed by atoms with E-state index in [9.17, 15) is 9.59 Å². The first kappa shape index (κ1) is 19.4. The molecule has 142 valence electrons. The third kappa shape index (κ3) is 4.69. The van der Waals surface area contributed by atoms with Gasteiger partial charge in [-0.05, 0) is 37.5 Å². The van der Waals surface area contributed by atoms with Crippen LogP contribution < -0.4 is 0 Å². The van der Waals surface area contributed by atoms with Crippen LogP contribution in [0.25, 0.3) is 0 Å². The van der Waals surface area contributed by atoms with Crippen molar-refractivity contribution in [2.24, 2.45) is 5.92 Å². The van der Waals surface area contributed by atoms with Crippen LogP contribution in [0.4, 0.5) is 0 Å². The zero-order valence-electron chi connectivity index (χ0n) is 15.6. The van der Waals surface area contributed by atoms with Gasteiger partial charge in [-0.25, -0.2) is 0 Å². The highest BCUT2D eigenvalue weighted by Crippen LogP contribution is 2.24. The van der Waals surface area contributed by atoms with Crippen LogP contribution in [0.2, 0.25) is 5.02 Å². The summed E-state index contributed by atoms with van der Waals surface area (Å²) < 4.78 is 0. The molecule has 1 fully saturated rings. The molecule has 27 heavy (non-hydrogen) atoms. The molecule has 1 heterocycles. The first-order valence-electron chi connectivity index (χ1n) is 9.46. The van der Waals surface area contributed by atoms with Gasteiger partial charge in [-0.15, -0.1) is 0 Å². The van der Waals surface area contributed by atoms with Gasteiger partial charge in [0, 0.05) is 32.1 Å². The summed E-state index contributed by atoms with van der Waals surface area (Å²) in [7, 11) is 0. The minimum absolute atomic E-state index is 0.0241. The lowest BCUT2D eigenvalue weighted by molar-refractivity contribution is -0.137. The minimum Gasteiger partial charge on any atom is -0.339 e. The Bertz CT molecular complexity index is 786. The van der Waals surface area contributed by atoms with Gasteiger partial charge in [0.05, 0.1) is 10.6 Å². The molecular weight excluding hydrogens is 360 g/mol. The summed E-state index contributed by atoms with van der Waals surface area (Å²) in [4.78, 5) is 29.3. The van der Waals surface area contributed by atoms with Crippen molar-refractivity contribution in [1.29, 1.82) is 0 Å². The molecule has 2 aromatic carbocycles. The minimum atomic E-state index is -0.0527. The Balaban J connectivity index is 1.58. The predicted octanol–water partition coefficient (Wildman–Crippen LogP) is 4.24. The molecule has 0 radical (unpaired) electrons. The summed E-state index contributed by atoms with van der Waals surface area (Å²) in [6.45, 7) is 4.51. The third-order valence-electron chi connectivity index (χ3n) is 5.15. The molecule has 0 aliphatic carbocycles. The summed E-state index contributed by atoms with van der Waals surface area (Å²) in [6, 6.07) is 17.2. The van der Waals surface area contributed by atoms with Gasteiger partial charge in [-0.2, -0.15) is 0 Å². The quantitative estimate of drug-likeness (QED) is 0.773. The molecule has 0 N–H and O–H groups in total. The van der Waals surface area contributed by atoms with Crippen molar-refractivity contribution in [3.8, 4) is 0 Å². The van der Waals surface area contributed by atoms with Crippen molar-refractivity contribution in [2.75, 3.05) is 19.6 Å². The van der Waals surface area contributed by atoms with Crippen LogP contribution >= 0.6 is 11.6 Å². The summed E-state index contributed by atoms with van der Waals surface area (Å²) in [5.41, 5.74) is 1.67. The highest BCUT2D eigenvalue weighted by molar-refractivity contribution is 6.33. The monoisotopic (exact) mass is 384 g/mol. The highest BCUT2D eigenvalue weighted by atomic mass is 35.5. The van der Waals surface area contributed by atoms with E-state index in [0.717, 1.165) is 5.56 Å². The lowest BCUT2D eigenvalue weighted by Gasteiger charge is -2.34. The molecule has 2 aromatic rings. The van der Waals surface area contributed by atoms with Crippen molar-refractivity contribution >= 4 is 23.4 Å². The zero-order chi connectivity index (χ0) is 19.2. The zero-order valence-corrected chi connectivity index (χ0v) is 16.4. The van der Waals surface area contributed by atoms with Crippen LogP contribution in [-0.2, 0) is 11.3 Å². The standard InChI is InChI=1S/C22H25ClN2O2/c1-2-24(16-17-8-4-3-5-9-17)21(26)18-12-14-25(15-13-18)22(27)19-10-6-7-11-20(19)23/h3-11,18H,2,12-16H2,1H3. The van der Waals surface area contributed by atoms with E-state index >= 15 is 0 Å². The Morgan fingerprint density at radius 1 is 1.04 bits per heavy atom. The van der Waals surface area contributed by atoms with E-state index < -0.39 is 0 Å². The molecule has 4 nitrogen and oxygen atoms in total. The number of hydrogen-bond acceptors (Lipinski definition) is 2. The maximum Gasteiger partial charge on any atom is 0.255 e. The fraction of sp³-hybridized carbons (Fsp3) is 0.364. The number of amides is 2. The molecule has 0 aromatic heterocycles. The van der Waals surface area contributed by atoms with Gasteiger partial charge in [-0.3, -0.25) is 9.59 Å². The first-order chi connectivity index (χ1) is 13.1. The summed E-state index contributed by atoms with van der Waals surface area (Å²) in [6.07, 6.45) is 1.39. The molecule has 0 saturated carbocycles. The maximum atomic E-state index is 12.9. The van der Waals surface area contributed by atoms with Crippen LogP contribution in [0.15, 0.2) is 54.6 Å². The average molecular weight is 385 g/mol. The van der Waals surface area contributed by atoms with Gasteiger partial charge >= 0.3 is 0 Å². The van der Waals surface area contributed by atoms with Crippen molar-refractivity contribution in [2.45, 2.75) is 26.3 Å². The summed E-state index contributed by atoms with van der Waals surface area (Å²) >= 11 is 6.15. The van der Waals surface area contributed by atoms with E-state index in [0.29, 0.717) is 49.6 Å². The predicted molar refractivity (Wildman–Crippen MR) is 108 cm³/mol. The van der Waals surface area contributed by atoms with E-state index in [1.54, 1.807) is 17.0 Å². The number of nitrogens with zero attached hydrogens (tertiary/aromatic N) is 2. The van der Waals surface area contributed by atoms with E-state index in [-0.39, 0.29) is 17.7 Å². The second-order valence-electron chi connectivity index (χ2n) is 6.88. The van der Waals surface area contributed by atoms with Gasteiger partial charge in [0.25, 0.3) is 5.91 Å². The van der Waals surface area contributed by atoms with Crippen LogP contribution in [-0.4, -0.2) is 41.2 Å². The largest absolute Gasteiger partial charge is 0.339 e. The number of carbonyl (C=O) groups is 2. The average Bonchev–Trinajstić information content (AvgIpc) is 2.72. The number of hydrogen-bond donors (Lipinski definition) is 0. The van der Waals surface area contributed by atoms with Gasteiger partial charge < -0.3 is 9.80 Å². The Hall–Kier alpha value is -2.33. The van der Waals surface area contributed by atoms with Gasteiger partial charge in [-0.1, -0.05) is 54.1 Å². The molecule has 1 aliphatic rings. The SMILES string of the molecule is CCN(Cc1ccccc1)C(=O)C1CCN(C(=O)c2ccccc2Cl)CC1. The molecular formula is C22H25ClN2O2. The Kier molecular flexibility index (Phi) is 6.51. The molecule has 0 atom stereocenters. The van der Waals surface area contributed by atoms with Gasteiger partial charge in [0.15, 0.2) is 0 Å². The fourth-order valence-electron chi connectivity index (χ4n) is 3.54. The molecule has 0 bridgehead atoms. The van der Waals surface area contributed by atoms with E-state index in [2.05, 4.69) is 0 Å². The lowest BCUT2D eigenvalue weighted by atomic mass is 9.94. The van der Waals surface area contributed by atoms with E-state index in [1.165, 1.54) is 0 Å². The Morgan fingerprint density at radius 3 is 2.30 bits per heavy atom. The normalized spacial score (nSPS) is 14.8. The maximum absolute atomic E-state index is 12.9.